The minimum Gasteiger partial charge on any atom is -0.445 e. The molecule has 38 heavy (non-hydrogen) atoms. The minimum atomic E-state index is -0.459. The van der Waals surface area contributed by atoms with Crippen LogP contribution in [0.25, 0.3) is 0 Å². The summed E-state index contributed by atoms with van der Waals surface area (Å²) in [6, 6.07) is 16.1. The lowest BCUT2D eigenvalue weighted by Crippen LogP contribution is -2.39. The van der Waals surface area contributed by atoms with Crippen molar-refractivity contribution in [1.82, 2.24) is 9.80 Å². The molecule has 2 heterocycles. The molecule has 0 saturated carbocycles. The van der Waals surface area contributed by atoms with Crippen molar-refractivity contribution in [2.75, 3.05) is 26.2 Å². The van der Waals surface area contributed by atoms with Gasteiger partial charge in [0.25, 0.3) is 5.69 Å². The number of rotatable bonds is 9. The molecule has 2 aromatic carbocycles. The Bertz CT molecular complexity index is 1060. The number of piperidine rings is 2. The smallest absolute Gasteiger partial charge is 0.410 e. The number of nitro groups is 1. The molecular formula is C29H37N3O6. The number of hydrogen-bond acceptors (Lipinski definition) is 6. The Hall–Kier alpha value is -3.62. The van der Waals surface area contributed by atoms with Crippen molar-refractivity contribution in [3.8, 4) is 0 Å². The highest BCUT2D eigenvalue weighted by molar-refractivity contribution is 5.68. The highest BCUT2D eigenvalue weighted by Gasteiger charge is 2.26. The number of benzene rings is 2. The standard InChI is InChI=1S/C29H37N3O6/c33-28(37-21-25-7-2-1-3-8-25)30-17-13-23(14-18-30)9-6-10-24-15-19-31(20-16-24)29(34)38-22-26-11-4-5-12-27(26)32(35)36/h1-5,7-8,11-12,23-24H,6,9-10,13-22H2. The normalized spacial score (nSPS) is 16.7. The Morgan fingerprint density at radius 2 is 1.26 bits per heavy atom. The predicted molar refractivity (Wildman–Crippen MR) is 142 cm³/mol. The van der Waals surface area contributed by atoms with Crippen LogP contribution in [-0.4, -0.2) is 53.1 Å². The van der Waals surface area contributed by atoms with Crippen molar-refractivity contribution in [3.63, 3.8) is 0 Å². The monoisotopic (exact) mass is 523 g/mol. The molecule has 0 radical (unpaired) electrons. The zero-order valence-corrected chi connectivity index (χ0v) is 21.8. The van der Waals surface area contributed by atoms with Gasteiger partial charge in [0.2, 0.25) is 0 Å². The van der Waals surface area contributed by atoms with Gasteiger partial charge in [-0.1, -0.05) is 61.7 Å². The molecule has 0 N–H and O–H groups in total. The van der Waals surface area contributed by atoms with Gasteiger partial charge >= 0.3 is 12.2 Å². The average Bonchev–Trinajstić information content (AvgIpc) is 2.96. The van der Waals surface area contributed by atoms with E-state index in [0.29, 0.717) is 37.1 Å². The van der Waals surface area contributed by atoms with Gasteiger partial charge in [0.15, 0.2) is 0 Å². The highest BCUT2D eigenvalue weighted by Crippen LogP contribution is 2.28. The summed E-state index contributed by atoms with van der Waals surface area (Å²) in [6.07, 6.45) is 6.79. The van der Waals surface area contributed by atoms with Crippen LogP contribution in [0.2, 0.25) is 0 Å². The molecule has 2 amide bonds. The second kappa shape index (κ2) is 13.8. The molecule has 0 spiro atoms. The number of amides is 2. The van der Waals surface area contributed by atoms with E-state index in [2.05, 4.69) is 0 Å². The van der Waals surface area contributed by atoms with E-state index < -0.39 is 11.0 Å². The minimum absolute atomic E-state index is 0.0346. The number of nitro benzene ring substituents is 1. The average molecular weight is 524 g/mol. The second-order valence-corrected chi connectivity index (χ2v) is 10.3. The molecule has 4 rings (SSSR count). The van der Waals surface area contributed by atoms with E-state index in [9.17, 15) is 19.7 Å². The molecule has 0 aliphatic carbocycles. The van der Waals surface area contributed by atoms with E-state index in [-0.39, 0.29) is 18.4 Å². The maximum atomic E-state index is 12.5. The number of ether oxygens (including phenoxy) is 2. The summed E-state index contributed by atoms with van der Waals surface area (Å²) in [4.78, 5) is 39.0. The molecule has 0 aromatic heterocycles. The second-order valence-electron chi connectivity index (χ2n) is 10.3. The summed E-state index contributed by atoms with van der Waals surface area (Å²) in [6.45, 7) is 3.04. The van der Waals surface area contributed by atoms with Gasteiger partial charge < -0.3 is 19.3 Å². The molecule has 2 saturated heterocycles. The highest BCUT2D eigenvalue weighted by atomic mass is 16.6. The topological polar surface area (TPSA) is 102 Å². The van der Waals surface area contributed by atoms with Gasteiger partial charge in [-0.05, 0) is 49.1 Å². The van der Waals surface area contributed by atoms with Gasteiger partial charge in [-0.25, -0.2) is 9.59 Å². The maximum Gasteiger partial charge on any atom is 0.410 e. The Kier molecular flexibility index (Phi) is 9.95. The molecule has 9 heteroatoms. The van der Waals surface area contributed by atoms with E-state index in [1.165, 1.54) is 12.5 Å². The van der Waals surface area contributed by atoms with Crippen molar-refractivity contribution in [2.45, 2.75) is 58.2 Å². The molecule has 0 atom stereocenters. The van der Waals surface area contributed by atoms with E-state index in [1.807, 2.05) is 35.2 Å². The summed E-state index contributed by atoms with van der Waals surface area (Å²) in [5.41, 5.74) is 1.36. The van der Waals surface area contributed by atoms with Gasteiger partial charge in [-0.2, -0.15) is 0 Å². The molecule has 9 nitrogen and oxygen atoms in total. The zero-order chi connectivity index (χ0) is 26.7. The lowest BCUT2D eigenvalue weighted by molar-refractivity contribution is -0.385. The largest absolute Gasteiger partial charge is 0.445 e. The molecule has 2 aromatic rings. The lowest BCUT2D eigenvalue weighted by atomic mass is 9.87. The number of nitrogens with zero attached hydrogens (tertiary/aromatic N) is 3. The Labute approximate surface area is 223 Å². The summed E-state index contributed by atoms with van der Waals surface area (Å²) >= 11 is 0. The van der Waals surface area contributed by atoms with Crippen LogP contribution in [0.4, 0.5) is 15.3 Å². The maximum absolute atomic E-state index is 12.5. The fourth-order valence-corrected chi connectivity index (χ4v) is 5.36. The quantitative estimate of drug-likeness (QED) is 0.288. The van der Waals surface area contributed by atoms with Crippen LogP contribution in [0.3, 0.4) is 0 Å². The van der Waals surface area contributed by atoms with Crippen LogP contribution >= 0.6 is 0 Å². The van der Waals surface area contributed by atoms with Crippen LogP contribution in [0.5, 0.6) is 0 Å². The number of para-hydroxylation sites is 1. The van der Waals surface area contributed by atoms with Crippen LogP contribution in [0, 0.1) is 22.0 Å². The molecule has 0 bridgehead atoms. The van der Waals surface area contributed by atoms with Crippen molar-refractivity contribution >= 4 is 17.9 Å². The van der Waals surface area contributed by atoms with E-state index in [0.717, 1.165) is 57.2 Å². The summed E-state index contributed by atoms with van der Waals surface area (Å²) in [7, 11) is 0. The van der Waals surface area contributed by atoms with Gasteiger partial charge in [-0.3, -0.25) is 10.1 Å². The SMILES string of the molecule is O=C(OCc1ccccc1)N1CCC(CCCC2CCN(C(=O)OCc3ccccc3[N+](=O)[O-])CC2)CC1. The first-order valence-electron chi connectivity index (χ1n) is 13.6. The molecule has 0 unspecified atom stereocenters. The fraction of sp³-hybridized carbons (Fsp3) is 0.517. The van der Waals surface area contributed by atoms with Gasteiger partial charge in [-0.15, -0.1) is 0 Å². The van der Waals surface area contributed by atoms with Crippen LogP contribution in [-0.2, 0) is 22.7 Å². The van der Waals surface area contributed by atoms with Crippen molar-refractivity contribution < 1.29 is 24.0 Å². The summed E-state index contributed by atoms with van der Waals surface area (Å²) in [5.74, 6) is 1.24. The van der Waals surface area contributed by atoms with E-state index >= 15 is 0 Å². The van der Waals surface area contributed by atoms with Crippen LogP contribution < -0.4 is 0 Å². The lowest BCUT2D eigenvalue weighted by Gasteiger charge is -2.33. The molecule has 2 fully saturated rings. The van der Waals surface area contributed by atoms with Crippen LogP contribution in [0.1, 0.15) is 56.1 Å². The fourth-order valence-electron chi connectivity index (χ4n) is 5.36. The molecule has 2 aliphatic heterocycles. The zero-order valence-electron chi connectivity index (χ0n) is 21.8. The van der Waals surface area contributed by atoms with E-state index in [4.69, 9.17) is 9.47 Å². The molecule has 2 aliphatic rings. The summed E-state index contributed by atoms with van der Waals surface area (Å²) in [5, 5.41) is 11.1. The number of carbonyl (C=O) groups excluding carboxylic acids is 2. The first-order valence-corrected chi connectivity index (χ1v) is 13.6. The third kappa shape index (κ3) is 7.94. The van der Waals surface area contributed by atoms with E-state index in [1.54, 1.807) is 23.1 Å². The number of carbonyl (C=O) groups is 2. The van der Waals surface area contributed by atoms with Crippen molar-refractivity contribution in [3.05, 3.63) is 75.8 Å². The van der Waals surface area contributed by atoms with Crippen LogP contribution in [0.15, 0.2) is 54.6 Å². The third-order valence-corrected chi connectivity index (χ3v) is 7.71. The van der Waals surface area contributed by atoms with Crippen molar-refractivity contribution in [1.29, 1.82) is 0 Å². The van der Waals surface area contributed by atoms with Gasteiger partial charge in [0, 0.05) is 32.2 Å². The first kappa shape index (κ1) is 27.4. The number of hydrogen-bond donors (Lipinski definition) is 0. The number of likely N-dealkylation sites (tertiary alicyclic amines) is 2. The van der Waals surface area contributed by atoms with Crippen molar-refractivity contribution in [2.24, 2.45) is 11.8 Å². The van der Waals surface area contributed by atoms with Gasteiger partial charge in [0.1, 0.15) is 13.2 Å². The summed E-state index contributed by atoms with van der Waals surface area (Å²) < 4.78 is 10.8. The Balaban J connectivity index is 1.07. The van der Waals surface area contributed by atoms with Gasteiger partial charge in [0.05, 0.1) is 10.5 Å². The predicted octanol–water partition coefficient (Wildman–Crippen LogP) is 6.16. The molecular weight excluding hydrogens is 486 g/mol. The Morgan fingerprint density at radius 1 is 0.763 bits per heavy atom. The third-order valence-electron chi connectivity index (χ3n) is 7.71. The first-order chi connectivity index (χ1) is 18.5. The molecule has 204 valence electrons. The Morgan fingerprint density at radius 3 is 1.82 bits per heavy atom.